The quantitative estimate of drug-likeness (QED) is 0.684. The normalized spacial score (nSPS) is 19.2. The fourth-order valence-electron chi connectivity index (χ4n) is 4.13. The zero-order valence-electron chi connectivity index (χ0n) is 17.4. The number of piperidine rings is 1. The minimum absolute atomic E-state index is 0.0239. The number of carbonyl (C=O) groups excluding carboxylic acids is 1. The molecule has 0 radical (unpaired) electrons. The van der Waals surface area contributed by atoms with Gasteiger partial charge < -0.3 is 9.64 Å². The van der Waals surface area contributed by atoms with Gasteiger partial charge >= 0.3 is 0 Å². The Hall–Kier alpha value is -2.29. The zero-order valence-corrected chi connectivity index (χ0v) is 19.1. The van der Waals surface area contributed by atoms with E-state index in [1.54, 1.807) is 37.1 Å². The van der Waals surface area contributed by atoms with Crippen LogP contribution in [0.2, 0.25) is 0 Å². The van der Waals surface area contributed by atoms with Gasteiger partial charge in [0.15, 0.2) is 0 Å². The summed E-state index contributed by atoms with van der Waals surface area (Å²) >= 11 is 1.76. The molecule has 0 N–H and O–H groups in total. The first kappa shape index (κ1) is 21.9. The fourth-order valence-corrected chi connectivity index (χ4v) is 6.77. The molecule has 1 amide bonds. The van der Waals surface area contributed by atoms with Crippen LogP contribution in [0.5, 0.6) is 5.75 Å². The predicted octanol–water partition coefficient (Wildman–Crippen LogP) is 3.68. The lowest BCUT2D eigenvalue weighted by Gasteiger charge is -2.43. The van der Waals surface area contributed by atoms with Crippen LogP contribution in [0.15, 0.2) is 60.0 Å². The molecule has 1 spiro atoms. The average Bonchev–Trinajstić information content (AvgIpc) is 3.21. The molecule has 2 heterocycles. The third-order valence-electron chi connectivity index (χ3n) is 5.84. The second kappa shape index (κ2) is 9.06. The van der Waals surface area contributed by atoms with Crippen LogP contribution in [0.4, 0.5) is 0 Å². The summed E-state index contributed by atoms with van der Waals surface area (Å²) in [5, 5.41) is 1.28. The van der Waals surface area contributed by atoms with Gasteiger partial charge in [-0.25, -0.2) is 8.42 Å². The molecule has 2 aromatic carbocycles. The molecule has 2 aliphatic rings. The van der Waals surface area contributed by atoms with Crippen LogP contribution >= 0.6 is 11.8 Å². The van der Waals surface area contributed by atoms with E-state index in [0.29, 0.717) is 43.8 Å². The molecule has 2 aliphatic heterocycles. The molecule has 164 valence electrons. The van der Waals surface area contributed by atoms with Gasteiger partial charge in [-0.3, -0.25) is 4.79 Å². The van der Waals surface area contributed by atoms with Gasteiger partial charge in [-0.2, -0.15) is 4.31 Å². The Balaban J connectivity index is 1.46. The number of methoxy groups -OCH3 is 1. The third kappa shape index (κ3) is 4.66. The Kier molecular flexibility index (Phi) is 6.41. The van der Waals surface area contributed by atoms with E-state index in [2.05, 4.69) is 0 Å². The van der Waals surface area contributed by atoms with Gasteiger partial charge in [0.25, 0.3) is 5.91 Å². The number of carbonyl (C=O) groups is 1. The summed E-state index contributed by atoms with van der Waals surface area (Å²) in [7, 11) is -1.92. The van der Waals surface area contributed by atoms with Crippen molar-refractivity contribution in [2.45, 2.75) is 17.7 Å². The minimum atomic E-state index is -3.50. The summed E-state index contributed by atoms with van der Waals surface area (Å²) in [5.41, 5.74) is 1.45. The van der Waals surface area contributed by atoms with Crippen LogP contribution in [0.1, 0.15) is 28.8 Å². The van der Waals surface area contributed by atoms with E-state index in [-0.39, 0.29) is 10.8 Å². The maximum Gasteiger partial charge on any atom is 0.255 e. The van der Waals surface area contributed by atoms with Crippen LogP contribution < -0.4 is 4.74 Å². The van der Waals surface area contributed by atoms with Crippen molar-refractivity contribution >= 4 is 33.8 Å². The molecular formula is C23H26N2O4S2. The zero-order chi connectivity index (χ0) is 21.9. The highest BCUT2D eigenvalue weighted by Gasteiger charge is 2.47. The van der Waals surface area contributed by atoms with E-state index < -0.39 is 10.0 Å². The van der Waals surface area contributed by atoms with Crippen molar-refractivity contribution in [1.29, 1.82) is 0 Å². The highest BCUT2D eigenvalue weighted by Crippen LogP contribution is 2.45. The van der Waals surface area contributed by atoms with Gasteiger partial charge in [-0.05, 0) is 42.7 Å². The van der Waals surface area contributed by atoms with Crippen LogP contribution in [0.3, 0.4) is 0 Å². The maximum absolute atomic E-state index is 13.2. The van der Waals surface area contributed by atoms with Crippen molar-refractivity contribution in [3.63, 3.8) is 0 Å². The fraction of sp³-hybridized carbons (Fsp3) is 0.348. The van der Waals surface area contributed by atoms with Crippen LogP contribution in [-0.2, 0) is 10.0 Å². The predicted molar refractivity (Wildman–Crippen MR) is 124 cm³/mol. The van der Waals surface area contributed by atoms with E-state index in [4.69, 9.17) is 4.74 Å². The van der Waals surface area contributed by atoms with Gasteiger partial charge in [0.1, 0.15) is 5.75 Å². The lowest BCUT2D eigenvalue weighted by molar-refractivity contribution is 0.0605. The maximum atomic E-state index is 13.2. The molecule has 2 saturated heterocycles. The SMILES string of the molecule is COc1cccc(C(=O)N2CCSC23CCN(S(=O)(=O)/C=C/c2ccccc2)CC3)c1. The third-order valence-corrected chi connectivity index (χ3v) is 8.95. The number of hydrogen-bond donors (Lipinski definition) is 0. The minimum Gasteiger partial charge on any atom is -0.497 e. The number of thioether (sulfide) groups is 1. The van der Waals surface area contributed by atoms with Crippen molar-refractivity contribution in [2.75, 3.05) is 32.5 Å². The summed E-state index contributed by atoms with van der Waals surface area (Å²) in [6.45, 7) is 1.47. The number of sulfonamides is 1. The molecule has 0 unspecified atom stereocenters. The standard InChI is InChI=1S/C23H26N2O4S2/c1-29-21-9-5-8-20(18-21)22(26)25-15-16-30-23(25)11-13-24(14-12-23)31(27,28)17-10-19-6-3-2-4-7-19/h2-10,17-18H,11-16H2,1H3/b17-10+. The molecule has 31 heavy (non-hydrogen) atoms. The molecule has 0 aromatic heterocycles. The number of ether oxygens (including phenoxy) is 1. The van der Waals surface area contributed by atoms with Crippen molar-refractivity contribution in [3.05, 3.63) is 71.1 Å². The van der Waals surface area contributed by atoms with E-state index in [0.717, 1.165) is 11.3 Å². The molecule has 0 bridgehead atoms. The van der Waals surface area contributed by atoms with Gasteiger partial charge in [-0.15, -0.1) is 11.8 Å². The van der Waals surface area contributed by atoms with Crippen LogP contribution in [0.25, 0.3) is 6.08 Å². The molecule has 8 heteroatoms. The van der Waals surface area contributed by atoms with Gasteiger partial charge in [-0.1, -0.05) is 36.4 Å². The van der Waals surface area contributed by atoms with Crippen molar-refractivity contribution < 1.29 is 17.9 Å². The van der Waals surface area contributed by atoms with Crippen LogP contribution in [0, 0.1) is 0 Å². The molecular weight excluding hydrogens is 432 g/mol. The monoisotopic (exact) mass is 458 g/mol. The Labute approximate surface area is 187 Å². The second-order valence-electron chi connectivity index (χ2n) is 7.64. The molecule has 2 aromatic rings. The van der Waals surface area contributed by atoms with Crippen LogP contribution in [-0.4, -0.2) is 60.9 Å². The Morgan fingerprint density at radius 1 is 1.06 bits per heavy atom. The summed E-state index contributed by atoms with van der Waals surface area (Å²) in [5.74, 6) is 1.48. The number of hydrogen-bond acceptors (Lipinski definition) is 5. The summed E-state index contributed by atoms with van der Waals surface area (Å²) < 4.78 is 32.4. The molecule has 6 nitrogen and oxygen atoms in total. The molecule has 0 aliphatic carbocycles. The van der Waals surface area contributed by atoms with E-state index in [1.807, 2.05) is 47.4 Å². The largest absolute Gasteiger partial charge is 0.497 e. The van der Waals surface area contributed by atoms with Crippen molar-refractivity contribution in [1.82, 2.24) is 9.21 Å². The summed E-state index contributed by atoms with van der Waals surface area (Å²) in [6.07, 6.45) is 2.86. The Bertz CT molecular complexity index is 1060. The molecule has 2 fully saturated rings. The molecule has 4 rings (SSSR count). The first-order chi connectivity index (χ1) is 14.9. The Morgan fingerprint density at radius 2 is 1.81 bits per heavy atom. The first-order valence-corrected chi connectivity index (χ1v) is 12.8. The first-order valence-electron chi connectivity index (χ1n) is 10.3. The smallest absolute Gasteiger partial charge is 0.255 e. The van der Waals surface area contributed by atoms with Gasteiger partial charge in [0.05, 0.1) is 12.0 Å². The lowest BCUT2D eigenvalue weighted by atomic mass is 10.0. The number of nitrogens with zero attached hydrogens (tertiary/aromatic N) is 2. The van der Waals surface area contributed by atoms with Crippen molar-refractivity contribution in [3.8, 4) is 5.75 Å². The topological polar surface area (TPSA) is 66.9 Å². The average molecular weight is 459 g/mol. The number of benzene rings is 2. The van der Waals surface area contributed by atoms with E-state index in [1.165, 1.54) is 9.71 Å². The second-order valence-corrected chi connectivity index (χ2v) is 10.9. The van der Waals surface area contributed by atoms with Gasteiger partial charge in [0.2, 0.25) is 10.0 Å². The lowest BCUT2D eigenvalue weighted by Crippen LogP contribution is -2.53. The highest BCUT2D eigenvalue weighted by atomic mass is 32.2. The van der Waals surface area contributed by atoms with E-state index >= 15 is 0 Å². The summed E-state index contributed by atoms with van der Waals surface area (Å²) in [4.78, 5) is 14.8. The Morgan fingerprint density at radius 3 is 2.52 bits per heavy atom. The highest BCUT2D eigenvalue weighted by molar-refractivity contribution is 8.00. The van der Waals surface area contributed by atoms with Crippen molar-refractivity contribution in [2.24, 2.45) is 0 Å². The number of amides is 1. The van der Waals surface area contributed by atoms with E-state index in [9.17, 15) is 13.2 Å². The molecule has 0 atom stereocenters. The molecule has 0 saturated carbocycles. The number of rotatable bonds is 5. The summed E-state index contributed by atoms with van der Waals surface area (Å²) in [6, 6.07) is 16.6. The van der Waals surface area contributed by atoms with Gasteiger partial charge in [0, 0.05) is 36.4 Å².